The molecule has 38 heavy (non-hydrogen) atoms. The highest BCUT2D eigenvalue weighted by molar-refractivity contribution is 5.79. The van der Waals surface area contributed by atoms with E-state index in [0.717, 1.165) is 24.8 Å². The molecule has 0 radical (unpaired) electrons. The van der Waals surface area contributed by atoms with Crippen LogP contribution in [0.1, 0.15) is 50.5 Å². The molecule has 0 spiro atoms. The van der Waals surface area contributed by atoms with Crippen molar-refractivity contribution in [2.24, 2.45) is 11.7 Å². The van der Waals surface area contributed by atoms with Gasteiger partial charge in [-0.25, -0.2) is 0 Å². The van der Waals surface area contributed by atoms with Crippen LogP contribution >= 0.6 is 0 Å². The van der Waals surface area contributed by atoms with Crippen LogP contribution in [0.15, 0.2) is 12.1 Å². The second-order valence-electron chi connectivity index (χ2n) is 10.2. The molecule has 11 heteroatoms. The summed E-state index contributed by atoms with van der Waals surface area (Å²) in [4.78, 5) is 44.0. The zero-order valence-electron chi connectivity index (χ0n) is 22.4. The molecule has 0 unspecified atom stereocenters. The molecule has 0 saturated carbocycles. The van der Waals surface area contributed by atoms with Crippen LogP contribution in [0.5, 0.6) is 17.2 Å². The Balaban J connectivity index is 1.62. The van der Waals surface area contributed by atoms with Crippen molar-refractivity contribution in [3.05, 3.63) is 17.7 Å². The van der Waals surface area contributed by atoms with E-state index in [-0.39, 0.29) is 25.2 Å². The van der Waals surface area contributed by atoms with Crippen molar-refractivity contribution in [2.75, 3.05) is 59.7 Å². The quantitative estimate of drug-likeness (QED) is 0.387. The third-order valence-corrected chi connectivity index (χ3v) is 7.88. The number of benzene rings is 1. The molecule has 0 aliphatic carbocycles. The van der Waals surface area contributed by atoms with E-state index in [1.54, 1.807) is 9.80 Å². The number of nitrogens with zero attached hydrogens (tertiary/aromatic N) is 3. The first kappa shape index (κ1) is 28.0. The Bertz CT molecular complexity index is 1020. The van der Waals surface area contributed by atoms with Crippen LogP contribution in [0.4, 0.5) is 0 Å². The molecule has 3 atom stereocenters. The van der Waals surface area contributed by atoms with E-state index in [9.17, 15) is 19.5 Å². The van der Waals surface area contributed by atoms with Crippen molar-refractivity contribution in [1.29, 1.82) is 0 Å². The molecule has 2 fully saturated rings. The number of aliphatic carboxylic acids is 1. The van der Waals surface area contributed by atoms with Crippen LogP contribution in [-0.2, 0) is 14.4 Å². The smallest absolute Gasteiger partial charge is 0.308 e. The number of rotatable bonds is 13. The SMILES string of the molecule is CCCCN(CCN)C(=O)CN1C[C@H](c2cc(OC)c3c(c2)OCO3)[C@@H](C(=O)O)[C@@H]1CCN1CCCC1=O. The van der Waals surface area contributed by atoms with Crippen molar-refractivity contribution in [3.63, 3.8) is 0 Å². The Morgan fingerprint density at radius 1 is 1.26 bits per heavy atom. The monoisotopic (exact) mass is 532 g/mol. The topological polar surface area (TPSA) is 135 Å². The lowest BCUT2D eigenvalue weighted by atomic mass is 9.84. The number of unbranched alkanes of at least 4 members (excludes halogenated alkanes) is 1. The maximum absolute atomic E-state index is 13.4. The highest BCUT2D eigenvalue weighted by atomic mass is 16.7. The Morgan fingerprint density at radius 3 is 2.74 bits per heavy atom. The van der Waals surface area contributed by atoms with E-state index >= 15 is 0 Å². The summed E-state index contributed by atoms with van der Waals surface area (Å²) in [5.41, 5.74) is 6.54. The van der Waals surface area contributed by atoms with Gasteiger partial charge in [-0.2, -0.15) is 0 Å². The van der Waals surface area contributed by atoms with Gasteiger partial charge in [0.1, 0.15) is 0 Å². The number of amides is 2. The first-order chi connectivity index (χ1) is 18.4. The third-order valence-electron chi connectivity index (χ3n) is 7.88. The average molecular weight is 533 g/mol. The molecule has 0 bridgehead atoms. The number of hydrogen-bond donors (Lipinski definition) is 2. The van der Waals surface area contributed by atoms with Crippen LogP contribution in [0.3, 0.4) is 0 Å². The van der Waals surface area contributed by atoms with Crippen molar-refractivity contribution >= 4 is 17.8 Å². The summed E-state index contributed by atoms with van der Waals surface area (Å²) in [5, 5.41) is 10.4. The van der Waals surface area contributed by atoms with Crippen molar-refractivity contribution in [3.8, 4) is 17.2 Å². The molecule has 11 nitrogen and oxygen atoms in total. The summed E-state index contributed by atoms with van der Waals surface area (Å²) in [6.07, 6.45) is 3.66. The molecular formula is C27H40N4O7. The van der Waals surface area contributed by atoms with E-state index in [1.165, 1.54) is 7.11 Å². The van der Waals surface area contributed by atoms with Gasteiger partial charge in [0.2, 0.25) is 24.4 Å². The van der Waals surface area contributed by atoms with E-state index < -0.39 is 23.8 Å². The number of hydrogen-bond acceptors (Lipinski definition) is 8. The van der Waals surface area contributed by atoms with E-state index in [4.69, 9.17) is 19.9 Å². The number of carboxylic acid groups (broad SMARTS) is 1. The van der Waals surface area contributed by atoms with E-state index in [0.29, 0.717) is 69.4 Å². The van der Waals surface area contributed by atoms with Crippen molar-refractivity contribution < 1.29 is 33.7 Å². The highest BCUT2D eigenvalue weighted by Crippen LogP contribution is 2.47. The summed E-state index contributed by atoms with van der Waals surface area (Å²) < 4.78 is 16.6. The van der Waals surface area contributed by atoms with Gasteiger partial charge in [0, 0.05) is 57.6 Å². The Kier molecular flexibility index (Phi) is 9.32. The number of carbonyl (C=O) groups is 3. The van der Waals surface area contributed by atoms with Gasteiger partial charge in [0.05, 0.1) is 19.6 Å². The normalized spacial score (nSPS) is 22.8. The van der Waals surface area contributed by atoms with Gasteiger partial charge >= 0.3 is 5.97 Å². The zero-order valence-corrected chi connectivity index (χ0v) is 22.4. The molecule has 3 N–H and O–H groups in total. The van der Waals surface area contributed by atoms with Gasteiger partial charge < -0.3 is 34.9 Å². The number of ether oxygens (including phenoxy) is 3. The second-order valence-corrected chi connectivity index (χ2v) is 10.2. The van der Waals surface area contributed by atoms with Gasteiger partial charge in [0.15, 0.2) is 11.5 Å². The molecule has 2 amide bonds. The number of carboxylic acids is 1. The predicted molar refractivity (Wildman–Crippen MR) is 139 cm³/mol. The summed E-state index contributed by atoms with van der Waals surface area (Å²) in [6, 6.07) is 3.21. The van der Waals surface area contributed by atoms with Gasteiger partial charge in [-0.1, -0.05) is 13.3 Å². The number of fused-ring (bicyclic) bond motifs is 1. The minimum Gasteiger partial charge on any atom is -0.493 e. The van der Waals surface area contributed by atoms with Gasteiger partial charge in [-0.15, -0.1) is 0 Å². The van der Waals surface area contributed by atoms with Crippen LogP contribution in [0.25, 0.3) is 0 Å². The molecule has 3 aliphatic rings. The van der Waals surface area contributed by atoms with Crippen LogP contribution in [-0.4, -0.2) is 103 Å². The number of nitrogens with two attached hydrogens (primary N) is 1. The highest BCUT2D eigenvalue weighted by Gasteiger charge is 2.48. The lowest BCUT2D eigenvalue weighted by Gasteiger charge is -2.30. The molecule has 3 heterocycles. The van der Waals surface area contributed by atoms with E-state index in [1.807, 2.05) is 17.0 Å². The standard InChI is InChI=1S/C27H40N4O7/c1-3-4-9-30(12-8-28)24(33)16-31-15-19(18-13-21(36-2)26-22(14-18)37-17-38-26)25(27(34)35)20(31)7-11-29-10-5-6-23(29)32/h13-14,19-20,25H,3-12,15-17,28H2,1-2H3,(H,34,35)/t19-,20+,25-/m1/s1. The Labute approximate surface area is 223 Å². The molecular weight excluding hydrogens is 492 g/mol. The zero-order chi connectivity index (χ0) is 27.2. The summed E-state index contributed by atoms with van der Waals surface area (Å²) in [6.45, 7) is 5.24. The van der Waals surface area contributed by atoms with Crippen LogP contribution in [0.2, 0.25) is 0 Å². The number of carbonyl (C=O) groups excluding carboxylic acids is 2. The molecule has 210 valence electrons. The molecule has 4 rings (SSSR count). The molecule has 1 aromatic rings. The lowest BCUT2D eigenvalue weighted by molar-refractivity contribution is -0.144. The minimum absolute atomic E-state index is 0.0563. The summed E-state index contributed by atoms with van der Waals surface area (Å²) >= 11 is 0. The first-order valence-corrected chi connectivity index (χ1v) is 13.6. The Hall–Kier alpha value is -3.05. The summed E-state index contributed by atoms with van der Waals surface area (Å²) in [5.74, 6) is -0.546. The Morgan fingerprint density at radius 2 is 2.08 bits per heavy atom. The molecule has 3 aliphatic heterocycles. The van der Waals surface area contributed by atoms with Crippen molar-refractivity contribution in [1.82, 2.24) is 14.7 Å². The minimum atomic E-state index is -0.927. The van der Waals surface area contributed by atoms with Gasteiger partial charge in [0.25, 0.3) is 0 Å². The number of likely N-dealkylation sites (tertiary alicyclic amines) is 2. The largest absolute Gasteiger partial charge is 0.493 e. The first-order valence-electron chi connectivity index (χ1n) is 13.6. The summed E-state index contributed by atoms with van der Waals surface area (Å²) in [7, 11) is 1.54. The maximum atomic E-state index is 13.4. The predicted octanol–water partition coefficient (Wildman–Crippen LogP) is 1.49. The lowest BCUT2D eigenvalue weighted by Crippen LogP contribution is -2.46. The van der Waals surface area contributed by atoms with Crippen molar-refractivity contribution in [2.45, 2.75) is 51.0 Å². The van der Waals surface area contributed by atoms with E-state index in [2.05, 4.69) is 6.92 Å². The fourth-order valence-corrected chi connectivity index (χ4v) is 5.92. The fourth-order valence-electron chi connectivity index (χ4n) is 5.92. The van der Waals surface area contributed by atoms with Crippen LogP contribution in [0, 0.1) is 5.92 Å². The third kappa shape index (κ3) is 5.99. The fraction of sp³-hybridized carbons (Fsp3) is 0.667. The molecule has 2 saturated heterocycles. The molecule has 0 aromatic heterocycles. The second kappa shape index (κ2) is 12.7. The maximum Gasteiger partial charge on any atom is 0.308 e. The van der Waals surface area contributed by atoms with Crippen LogP contribution < -0.4 is 19.9 Å². The van der Waals surface area contributed by atoms with Gasteiger partial charge in [-0.3, -0.25) is 19.3 Å². The number of methoxy groups -OCH3 is 1. The average Bonchev–Trinajstić information content (AvgIpc) is 3.63. The molecule has 1 aromatic carbocycles. The van der Waals surface area contributed by atoms with Gasteiger partial charge in [-0.05, 0) is 37.0 Å².